The van der Waals surface area contributed by atoms with E-state index in [1.807, 2.05) is 30.3 Å². The van der Waals surface area contributed by atoms with Crippen LogP contribution in [0.25, 0.3) is 0 Å². The first-order valence-corrected chi connectivity index (χ1v) is 12.0. The fourth-order valence-electron chi connectivity index (χ4n) is 3.24. The molecule has 2 aromatic carbocycles. The maximum atomic E-state index is 12.7. The molecule has 2 atom stereocenters. The number of hydroxylamine groups is 2. The zero-order chi connectivity index (χ0) is 24.7. The number of hydrogen-bond donors (Lipinski definition) is 1. The number of nitro benzene ring substituents is 1. The second kappa shape index (κ2) is 12.1. The second-order valence-electron chi connectivity index (χ2n) is 7.26. The lowest BCUT2D eigenvalue weighted by Gasteiger charge is -2.35. The number of nitro groups is 1. The first-order valence-electron chi connectivity index (χ1n) is 10.1. The number of benzene rings is 2. The summed E-state index contributed by atoms with van der Waals surface area (Å²) in [5.74, 6) is 0. The lowest BCUT2D eigenvalue weighted by Crippen LogP contribution is -2.53. The zero-order valence-electron chi connectivity index (χ0n) is 17.6. The molecule has 0 saturated carbocycles. The fourth-order valence-corrected chi connectivity index (χ4v) is 4.28. The van der Waals surface area contributed by atoms with Crippen LogP contribution < -0.4 is 5.32 Å². The number of nitrogens with zero attached hydrogens (tertiary/aromatic N) is 2. The Hall–Kier alpha value is -2.08. The smallest absolute Gasteiger partial charge is 0.396 e. The third kappa shape index (κ3) is 8.00. The minimum atomic E-state index is -2.26. The third-order valence-electron chi connectivity index (χ3n) is 4.87. The van der Waals surface area contributed by atoms with Gasteiger partial charge in [-0.3, -0.25) is 19.7 Å². The van der Waals surface area contributed by atoms with Gasteiger partial charge in [0, 0.05) is 23.6 Å². The van der Waals surface area contributed by atoms with Crippen LogP contribution >= 0.6 is 46.6 Å². The monoisotopic (exact) mass is 547 g/mol. The summed E-state index contributed by atoms with van der Waals surface area (Å²) in [6.07, 6.45) is -0.128. The molecule has 0 spiro atoms. The minimum Gasteiger partial charge on any atom is -0.396 e. The number of non-ortho nitro benzene ring substituents is 1. The summed E-state index contributed by atoms with van der Waals surface area (Å²) >= 11 is 17.8. The quantitative estimate of drug-likeness (QED) is 0.217. The van der Waals surface area contributed by atoms with Gasteiger partial charge in [0.15, 0.2) is 0 Å². The molecule has 1 fully saturated rings. The van der Waals surface area contributed by atoms with E-state index in [0.29, 0.717) is 17.7 Å². The largest absolute Gasteiger partial charge is 0.437 e. The summed E-state index contributed by atoms with van der Waals surface area (Å²) < 4.78 is 2.58. The number of ether oxygens (including phenoxy) is 1. The van der Waals surface area contributed by atoms with Gasteiger partial charge in [-0.2, -0.15) is 5.06 Å². The summed E-state index contributed by atoms with van der Waals surface area (Å²) in [5, 5.41) is 14.8. The minimum absolute atomic E-state index is 0.0484. The van der Waals surface area contributed by atoms with Crippen molar-refractivity contribution in [3.05, 3.63) is 70.3 Å². The molecule has 0 aliphatic carbocycles. The standard InChI is InChI=1S/C21H20Cl3N3O6S/c22-21(23,24)33-20(29)26(32-13-14-4-2-1-3-5-14)16-8-11-18(25-12-16)19(28)34-17-9-6-15(7-10-17)27(30)31/h1-7,9-10,16,18,25H,8,11-13H2/t16-,18+/m1/s1. The number of carbonyl (C=O) groups excluding carboxylic acids is 2. The van der Waals surface area contributed by atoms with E-state index in [2.05, 4.69) is 5.32 Å². The molecule has 1 aliphatic rings. The van der Waals surface area contributed by atoms with E-state index in [1.54, 1.807) is 0 Å². The number of alkyl halides is 3. The molecule has 0 aromatic heterocycles. The number of carbonyl (C=O) groups is 2. The molecule has 1 saturated heterocycles. The van der Waals surface area contributed by atoms with Crippen LogP contribution in [0.15, 0.2) is 59.5 Å². The van der Waals surface area contributed by atoms with Gasteiger partial charge in [0.1, 0.15) is 6.61 Å². The van der Waals surface area contributed by atoms with Gasteiger partial charge >= 0.3 is 10.1 Å². The zero-order valence-corrected chi connectivity index (χ0v) is 20.6. The van der Waals surface area contributed by atoms with Gasteiger partial charge in [0.2, 0.25) is 5.12 Å². The van der Waals surface area contributed by atoms with Crippen molar-refractivity contribution in [2.45, 2.75) is 40.4 Å². The first kappa shape index (κ1) is 26.5. The number of rotatable bonds is 7. The van der Waals surface area contributed by atoms with Crippen molar-refractivity contribution in [3.63, 3.8) is 0 Å². The predicted molar refractivity (Wildman–Crippen MR) is 129 cm³/mol. The maximum Gasteiger partial charge on any atom is 0.437 e. The van der Waals surface area contributed by atoms with Crippen LogP contribution in [0.3, 0.4) is 0 Å². The van der Waals surface area contributed by atoms with Gasteiger partial charge < -0.3 is 10.1 Å². The van der Waals surface area contributed by atoms with Crippen molar-refractivity contribution in [3.8, 4) is 0 Å². The molecule has 34 heavy (non-hydrogen) atoms. The Labute approximate surface area is 214 Å². The van der Waals surface area contributed by atoms with E-state index in [0.717, 1.165) is 22.4 Å². The van der Waals surface area contributed by atoms with Crippen LogP contribution in [0.5, 0.6) is 0 Å². The van der Waals surface area contributed by atoms with Crippen LogP contribution in [0.2, 0.25) is 0 Å². The Morgan fingerprint density at radius 1 is 1.12 bits per heavy atom. The number of thioether (sulfide) groups is 1. The van der Waals surface area contributed by atoms with Gasteiger partial charge in [0.25, 0.3) is 5.69 Å². The summed E-state index contributed by atoms with van der Waals surface area (Å²) in [6, 6.07) is 14.0. The second-order valence-corrected chi connectivity index (χ2v) is 10.5. The highest BCUT2D eigenvalue weighted by molar-refractivity contribution is 8.13. The summed E-state index contributed by atoms with van der Waals surface area (Å²) in [4.78, 5) is 41.8. The van der Waals surface area contributed by atoms with Gasteiger partial charge in [-0.15, -0.1) is 0 Å². The van der Waals surface area contributed by atoms with E-state index in [-0.39, 0.29) is 24.0 Å². The first-order chi connectivity index (χ1) is 16.1. The van der Waals surface area contributed by atoms with Crippen molar-refractivity contribution in [2.75, 3.05) is 6.54 Å². The molecule has 182 valence electrons. The van der Waals surface area contributed by atoms with Gasteiger partial charge in [-0.1, -0.05) is 42.1 Å². The van der Waals surface area contributed by atoms with E-state index in [4.69, 9.17) is 44.4 Å². The van der Waals surface area contributed by atoms with E-state index < -0.39 is 27.1 Å². The molecule has 0 unspecified atom stereocenters. The van der Waals surface area contributed by atoms with E-state index in [9.17, 15) is 19.7 Å². The highest BCUT2D eigenvalue weighted by Crippen LogP contribution is 2.30. The number of amides is 1. The Morgan fingerprint density at radius 2 is 1.79 bits per heavy atom. The van der Waals surface area contributed by atoms with Crippen molar-refractivity contribution >= 4 is 63.5 Å². The van der Waals surface area contributed by atoms with Crippen LogP contribution in [0.4, 0.5) is 10.5 Å². The normalized spacial score (nSPS) is 18.2. The molecular weight excluding hydrogens is 529 g/mol. The number of piperidine rings is 1. The average molecular weight is 549 g/mol. The molecule has 1 amide bonds. The Morgan fingerprint density at radius 3 is 2.35 bits per heavy atom. The van der Waals surface area contributed by atoms with E-state index >= 15 is 0 Å². The van der Waals surface area contributed by atoms with Crippen LogP contribution in [0.1, 0.15) is 18.4 Å². The summed E-state index contributed by atoms with van der Waals surface area (Å²) in [7, 11) is 0. The lowest BCUT2D eigenvalue weighted by atomic mass is 10.0. The molecule has 1 N–H and O–H groups in total. The van der Waals surface area contributed by atoms with Crippen molar-refractivity contribution in [1.82, 2.24) is 10.4 Å². The molecule has 13 heteroatoms. The Balaban J connectivity index is 1.59. The van der Waals surface area contributed by atoms with Gasteiger partial charge in [-0.05, 0) is 65.3 Å². The topological polar surface area (TPSA) is 111 Å². The maximum absolute atomic E-state index is 12.7. The average Bonchev–Trinajstić information content (AvgIpc) is 2.79. The molecule has 0 radical (unpaired) electrons. The van der Waals surface area contributed by atoms with Crippen LogP contribution in [-0.4, -0.2) is 43.8 Å². The molecule has 0 bridgehead atoms. The van der Waals surface area contributed by atoms with Crippen molar-refractivity contribution in [1.29, 1.82) is 0 Å². The predicted octanol–water partition coefficient (Wildman–Crippen LogP) is 5.23. The van der Waals surface area contributed by atoms with E-state index in [1.165, 1.54) is 24.3 Å². The number of hydrogen-bond acceptors (Lipinski definition) is 8. The fraction of sp³-hybridized carbons (Fsp3) is 0.333. The van der Waals surface area contributed by atoms with Gasteiger partial charge in [0.05, 0.1) is 17.0 Å². The van der Waals surface area contributed by atoms with Crippen molar-refractivity contribution in [2.24, 2.45) is 0 Å². The van der Waals surface area contributed by atoms with Gasteiger partial charge in [-0.25, -0.2) is 4.79 Å². The Kier molecular flexibility index (Phi) is 9.40. The molecular formula is C21H20Cl3N3O6S. The van der Waals surface area contributed by atoms with Crippen LogP contribution in [-0.2, 0) is 21.0 Å². The SMILES string of the molecule is O=C(Sc1ccc([N+](=O)[O-])cc1)[C@@H]1CC[C@@H](N(OCc2ccccc2)C(=O)OC(Cl)(Cl)Cl)CN1. The summed E-state index contributed by atoms with van der Waals surface area (Å²) in [6.45, 7) is 0.325. The summed E-state index contributed by atoms with van der Waals surface area (Å²) in [5.41, 5.74) is 0.776. The molecule has 1 aliphatic heterocycles. The molecule has 1 heterocycles. The number of nitrogens with one attached hydrogen (secondary N) is 1. The highest BCUT2D eigenvalue weighted by atomic mass is 35.6. The Bertz CT molecular complexity index is 999. The molecule has 3 rings (SSSR count). The molecule has 2 aromatic rings. The lowest BCUT2D eigenvalue weighted by molar-refractivity contribution is -0.384. The number of halogens is 3. The molecule has 9 nitrogen and oxygen atoms in total. The van der Waals surface area contributed by atoms with Crippen LogP contribution in [0, 0.1) is 10.1 Å². The highest BCUT2D eigenvalue weighted by Gasteiger charge is 2.36. The third-order valence-corrected chi connectivity index (χ3v) is 6.09. The van der Waals surface area contributed by atoms with Crippen molar-refractivity contribution < 1.29 is 24.1 Å².